The number of carbonyl (C=O) groups excluding carboxylic acids is 1. The van der Waals surface area contributed by atoms with Gasteiger partial charge in [-0.05, 0) is 35.6 Å². The fourth-order valence-electron chi connectivity index (χ4n) is 4.13. The van der Waals surface area contributed by atoms with Gasteiger partial charge in [-0.1, -0.05) is 12.1 Å². The molecule has 2 atom stereocenters. The Balaban J connectivity index is 1.64. The summed E-state index contributed by atoms with van der Waals surface area (Å²) < 4.78 is 6.89. The minimum atomic E-state index is -0.489. The Kier molecular flexibility index (Phi) is 4.06. The van der Waals surface area contributed by atoms with Gasteiger partial charge in [0.25, 0.3) is 0 Å². The summed E-state index contributed by atoms with van der Waals surface area (Å²) in [4.78, 5) is 18.8. The topological polar surface area (TPSA) is 115 Å². The van der Waals surface area contributed by atoms with Crippen LogP contribution in [0.25, 0.3) is 0 Å². The number of rotatable bonds is 3. The van der Waals surface area contributed by atoms with E-state index < -0.39 is 6.04 Å². The lowest BCUT2D eigenvalue weighted by molar-refractivity contribution is -0.116. The molecule has 5 rings (SSSR count). The van der Waals surface area contributed by atoms with Crippen LogP contribution in [-0.2, 0) is 4.79 Å². The van der Waals surface area contributed by atoms with Crippen LogP contribution in [0.15, 0.2) is 47.0 Å². The molecular formula is C20H19N5O3S. The number of carbonyl (C=O) groups is 1. The van der Waals surface area contributed by atoms with E-state index in [0.29, 0.717) is 30.1 Å². The first-order valence-corrected chi connectivity index (χ1v) is 10.1. The van der Waals surface area contributed by atoms with Gasteiger partial charge in [-0.3, -0.25) is 4.79 Å². The van der Waals surface area contributed by atoms with E-state index in [-0.39, 0.29) is 23.4 Å². The van der Waals surface area contributed by atoms with Crippen LogP contribution < -0.4 is 15.8 Å². The Morgan fingerprint density at radius 3 is 2.97 bits per heavy atom. The van der Waals surface area contributed by atoms with Gasteiger partial charge in [0.15, 0.2) is 17.3 Å². The molecule has 0 spiro atoms. The van der Waals surface area contributed by atoms with E-state index in [9.17, 15) is 9.90 Å². The zero-order valence-electron chi connectivity index (χ0n) is 15.6. The van der Waals surface area contributed by atoms with Gasteiger partial charge < -0.3 is 20.9 Å². The molecule has 0 amide bonds. The molecule has 0 unspecified atom stereocenters. The maximum absolute atomic E-state index is 13.3. The maximum atomic E-state index is 13.3. The van der Waals surface area contributed by atoms with Crippen molar-refractivity contribution < 1.29 is 14.6 Å². The van der Waals surface area contributed by atoms with Gasteiger partial charge >= 0.3 is 0 Å². The Bertz CT molecular complexity index is 1140. The van der Waals surface area contributed by atoms with Crippen molar-refractivity contribution in [3.63, 3.8) is 0 Å². The molecule has 0 radical (unpaired) electrons. The number of hydrogen-bond acceptors (Lipinski definition) is 8. The first-order valence-electron chi connectivity index (χ1n) is 9.20. The number of Topliss-reactive ketones (excluding diaryl/α,β-unsaturated/α-hetero) is 1. The van der Waals surface area contributed by atoms with E-state index in [0.717, 1.165) is 11.3 Å². The second-order valence-corrected chi connectivity index (χ2v) is 8.11. The fraction of sp³-hybridized carbons (Fsp3) is 0.250. The standard InChI is InChI=1S/C20H19N5O3S/c1-28-15-9-10(4-5-13(15)26)18-17-12(22-20-23-19(21)24-25(18)20)7-11(8-14(17)27)16-3-2-6-29-16/h2-6,9,11,18,26H,7-8H2,1H3,(H3,21,22,23,24)/t11-,18+/m1/s1. The number of fused-ring (bicyclic) bond motifs is 1. The van der Waals surface area contributed by atoms with Crippen LogP contribution in [-0.4, -0.2) is 32.8 Å². The Morgan fingerprint density at radius 1 is 1.34 bits per heavy atom. The molecule has 0 saturated heterocycles. The Hall–Kier alpha value is -3.33. The lowest BCUT2D eigenvalue weighted by atomic mass is 9.80. The Labute approximate surface area is 170 Å². The number of aromatic nitrogens is 3. The number of nitrogens with zero attached hydrogens (tertiary/aromatic N) is 3. The van der Waals surface area contributed by atoms with Gasteiger partial charge in [0.05, 0.1) is 7.11 Å². The molecule has 3 aromatic rings. The van der Waals surface area contributed by atoms with Gasteiger partial charge in [-0.25, -0.2) is 4.68 Å². The molecule has 1 aliphatic heterocycles. The summed E-state index contributed by atoms with van der Waals surface area (Å²) in [6, 6.07) is 8.62. The predicted molar refractivity (Wildman–Crippen MR) is 109 cm³/mol. The number of aromatic hydroxyl groups is 1. The number of thiophene rings is 1. The van der Waals surface area contributed by atoms with Crippen LogP contribution in [0.3, 0.4) is 0 Å². The summed E-state index contributed by atoms with van der Waals surface area (Å²) >= 11 is 1.66. The lowest BCUT2D eigenvalue weighted by Gasteiger charge is -2.34. The quantitative estimate of drug-likeness (QED) is 0.609. The van der Waals surface area contributed by atoms with E-state index in [4.69, 9.17) is 10.5 Å². The zero-order chi connectivity index (χ0) is 20.1. The van der Waals surface area contributed by atoms with E-state index >= 15 is 0 Å². The van der Waals surface area contributed by atoms with Crippen LogP contribution in [0.1, 0.15) is 35.2 Å². The monoisotopic (exact) mass is 409 g/mol. The number of nitrogens with one attached hydrogen (secondary N) is 1. The number of phenols is 1. The molecule has 148 valence electrons. The van der Waals surface area contributed by atoms with Gasteiger partial charge in [0.2, 0.25) is 11.9 Å². The largest absolute Gasteiger partial charge is 0.504 e. The molecule has 3 heterocycles. The van der Waals surface area contributed by atoms with E-state index in [2.05, 4.69) is 21.5 Å². The predicted octanol–water partition coefficient (Wildman–Crippen LogP) is 3.05. The maximum Gasteiger partial charge on any atom is 0.241 e. The van der Waals surface area contributed by atoms with E-state index in [1.807, 2.05) is 11.4 Å². The van der Waals surface area contributed by atoms with Gasteiger partial charge in [-0.15, -0.1) is 16.4 Å². The number of phenolic OH excluding ortho intramolecular Hbond substituents is 1. The van der Waals surface area contributed by atoms with Gasteiger partial charge in [-0.2, -0.15) is 4.98 Å². The molecule has 29 heavy (non-hydrogen) atoms. The zero-order valence-corrected chi connectivity index (χ0v) is 16.4. The van der Waals surface area contributed by atoms with Crippen LogP contribution in [0, 0.1) is 0 Å². The number of methoxy groups -OCH3 is 1. The molecule has 4 N–H and O–H groups in total. The first-order chi connectivity index (χ1) is 14.0. The van der Waals surface area contributed by atoms with Crippen molar-refractivity contribution in [2.75, 3.05) is 18.2 Å². The minimum Gasteiger partial charge on any atom is -0.504 e. The second-order valence-electron chi connectivity index (χ2n) is 7.13. The van der Waals surface area contributed by atoms with Crippen LogP contribution in [0.5, 0.6) is 11.5 Å². The molecule has 9 heteroatoms. The minimum absolute atomic E-state index is 0.0328. The van der Waals surface area contributed by atoms with Crippen LogP contribution in [0.4, 0.5) is 11.9 Å². The molecular weight excluding hydrogens is 390 g/mol. The van der Waals surface area contributed by atoms with Gasteiger partial charge in [0.1, 0.15) is 6.04 Å². The molecule has 1 aliphatic carbocycles. The average molecular weight is 409 g/mol. The first kappa shape index (κ1) is 17.7. The number of nitrogen functional groups attached to an aromatic ring is 1. The SMILES string of the molecule is COc1cc([C@H]2C3=C(C[C@@H](c4cccs4)CC3=O)Nc3nc(N)nn32)ccc1O. The normalized spacial score (nSPS) is 20.8. The summed E-state index contributed by atoms with van der Waals surface area (Å²) in [5, 5.41) is 19.6. The third-order valence-electron chi connectivity index (χ3n) is 5.40. The number of nitrogens with two attached hydrogens (primary N) is 1. The van der Waals surface area contributed by atoms with Crippen molar-refractivity contribution >= 4 is 29.0 Å². The summed E-state index contributed by atoms with van der Waals surface area (Å²) in [6.07, 6.45) is 1.15. The molecule has 1 aromatic carbocycles. The summed E-state index contributed by atoms with van der Waals surface area (Å²) in [5.41, 5.74) is 8.12. The molecule has 0 fully saturated rings. The van der Waals surface area contributed by atoms with Crippen LogP contribution in [0.2, 0.25) is 0 Å². The van der Waals surface area contributed by atoms with Crippen molar-refractivity contribution in [1.29, 1.82) is 0 Å². The summed E-state index contributed by atoms with van der Waals surface area (Å²) in [5.74, 6) is 1.19. The smallest absolute Gasteiger partial charge is 0.241 e. The number of allylic oxidation sites excluding steroid dienone is 2. The fourth-order valence-corrected chi connectivity index (χ4v) is 4.96. The number of anilines is 2. The number of ketones is 1. The average Bonchev–Trinajstić information content (AvgIpc) is 3.35. The van der Waals surface area contributed by atoms with Crippen molar-refractivity contribution in [2.24, 2.45) is 0 Å². The third kappa shape index (κ3) is 2.85. The summed E-state index contributed by atoms with van der Waals surface area (Å²) in [7, 11) is 1.49. The second kappa shape index (κ2) is 6.63. The molecule has 8 nitrogen and oxygen atoms in total. The molecule has 0 bridgehead atoms. The Morgan fingerprint density at radius 2 is 2.21 bits per heavy atom. The van der Waals surface area contributed by atoms with Crippen molar-refractivity contribution in [2.45, 2.75) is 24.8 Å². The van der Waals surface area contributed by atoms with Crippen LogP contribution >= 0.6 is 11.3 Å². The van der Waals surface area contributed by atoms with Crippen molar-refractivity contribution in [3.8, 4) is 11.5 Å². The summed E-state index contributed by atoms with van der Waals surface area (Å²) in [6.45, 7) is 0. The van der Waals surface area contributed by atoms with Gasteiger partial charge in [0, 0.05) is 28.5 Å². The highest BCUT2D eigenvalue weighted by Crippen LogP contribution is 2.45. The molecule has 0 saturated carbocycles. The number of hydrogen-bond donors (Lipinski definition) is 3. The van der Waals surface area contributed by atoms with Crippen molar-refractivity contribution in [3.05, 3.63) is 57.4 Å². The number of ether oxygens (including phenoxy) is 1. The van der Waals surface area contributed by atoms with E-state index in [1.54, 1.807) is 34.2 Å². The molecule has 2 aliphatic rings. The molecule has 2 aromatic heterocycles. The highest BCUT2D eigenvalue weighted by atomic mass is 32.1. The van der Waals surface area contributed by atoms with E-state index in [1.165, 1.54) is 12.0 Å². The van der Waals surface area contributed by atoms with Crippen molar-refractivity contribution in [1.82, 2.24) is 14.8 Å². The number of benzene rings is 1. The third-order valence-corrected chi connectivity index (χ3v) is 6.44. The highest BCUT2D eigenvalue weighted by molar-refractivity contribution is 7.10. The highest BCUT2D eigenvalue weighted by Gasteiger charge is 2.40. The lowest BCUT2D eigenvalue weighted by Crippen LogP contribution is -2.33.